The van der Waals surface area contributed by atoms with Crippen LogP contribution in [0, 0.1) is 17.3 Å². The Kier molecular flexibility index (Phi) is 9.84. The molecule has 3 aliphatic rings. The van der Waals surface area contributed by atoms with Gasteiger partial charge in [0.2, 0.25) is 17.6 Å². The maximum atomic E-state index is 14.0. The molecule has 2 saturated carbocycles. The van der Waals surface area contributed by atoms with Crippen LogP contribution < -0.4 is 21.7 Å². The number of Topliss-reactive ketones (excluding diaryl/α,β-unsaturated/α-hetero) is 1. The second-order valence-corrected chi connectivity index (χ2v) is 13.0. The molecule has 12 heteroatoms. The van der Waals surface area contributed by atoms with Crippen molar-refractivity contribution in [1.29, 1.82) is 0 Å². The highest BCUT2D eigenvalue weighted by molar-refractivity contribution is 6.37. The van der Waals surface area contributed by atoms with Crippen LogP contribution in [0.3, 0.4) is 0 Å². The van der Waals surface area contributed by atoms with Gasteiger partial charge < -0.3 is 31.3 Å². The molecule has 4 unspecified atom stereocenters. The molecule has 0 spiro atoms. The van der Waals surface area contributed by atoms with E-state index in [1.54, 1.807) is 20.8 Å². The van der Waals surface area contributed by atoms with Crippen LogP contribution in [0.4, 0.5) is 4.79 Å². The Labute approximate surface area is 235 Å². The number of rotatable bonds is 11. The lowest BCUT2D eigenvalue weighted by atomic mass is 9.79. The zero-order valence-electron chi connectivity index (χ0n) is 24.3. The number of nitrogens with zero attached hydrogens (tertiary/aromatic N) is 1. The number of likely N-dealkylation sites (tertiary alicyclic amines) is 1. The first kappa shape index (κ1) is 31.3. The number of amides is 5. The lowest BCUT2D eigenvalue weighted by Crippen LogP contribution is -2.60. The van der Waals surface area contributed by atoms with Crippen molar-refractivity contribution >= 4 is 35.5 Å². The lowest BCUT2D eigenvalue weighted by Gasteiger charge is -2.37. The highest BCUT2D eigenvalue weighted by Gasteiger charge is 2.48. The van der Waals surface area contributed by atoms with E-state index in [0.29, 0.717) is 32.2 Å². The number of urea groups is 1. The zero-order valence-corrected chi connectivity index (χ0v) is 24.3. The number of hydrogen-bond acceptors (Lipinski definition) is 7. The first-order chi connectivity index (χ1) is 18.6. The van der Waals surface area contributed by atoms with E-state index in [9.17, 15) is 28.8 Å². The third kappa shape index (κ3) is 8.41. The van der Waals surface area contributed by atoms with Crippen LogP contribution in [0.2, 0.25) is 0 Å². The molecule has 0 bridgehead atoms. The van der Waals surface area contributed by atoms with Crippen LogP contribution in [0.25, 0.3) is 0 Å². The summed E-state index contributed by atoms with van der Waals surface area (Å²) in [5, 5.41) is 7.96. The van der Waals surface area contributed by atoms with Gasteiger partial charge in [0.25, 0.3) is 5.91 Å². The van der Waals surface area contributed by atoms with Crippen LogP contribution in [-0.4, -0.2) is 77.2 Å². The van der Waals surface area contributed by atoms with E-state index < -0.39 is 58.7 Å². The maximum Gasteiger partial charge on any atom is 0.325 e. The Morgan fingerprint density at radius 3 is 2.23 bits per heavy atom. The van der Waals surface area contributed by atoms with Gasteiger partial charge in [-0.25, -0.2) is 4.79 Å². The predicted octanol–water partition coefficient (Wildman–Crippen LogP) is 1.15. The normalized spacial score (nSPS) is 23.6. The summed E-state index contributed by atoms with van der Waals surface area (Å²) in [4.78, 5) is 77.9. The summed E-state index contributed by atoms with van der Waals surface area (Å²) < 4.78 is 5.23. The van der Waals surface area contributed by atoms with Gasteiger partial charge in [0.05, 0.1) is 6.04 Å². The van der Waals surface area contributed by atoms with Gasteiger partial charge in [0.15, 0.2) is 0 Å². The number of primary amides is 1. The topological polar surface area (TPSA) is 177 Å². The van der Waals surface area contributed by atoms with Crippen molar-refractivity contribution in [3.63, 3.8) is 0 Å². The molecule has 40 heavy (non-hydrogen) atoms. The fourth-order valence-electron chi connectivity index (χ4n) is 5.78. The van der Waals surface area contributed by atoms with Crippen LogP contribution >= 0.6 is 0 Å². The van der Waals surface area contributed by atoms with E-state index in [-0.39, 0.29) is 24.3 Å². The number of nitrogens with two attached hydrogens (primary N) is 1. The molecule has 0 aromatic rings. The number of esters is 1. The minimum Gasteiger partial charge on any atom is -0.459 e. The SMILES string of the molecule is CC1CC(C(=O)NC(CC2CC2)C(=O)C(N)=O)N(C(=O)C(NC(=O)NCC(=O)OC(C)(C)C)C2(C)CCCC2)C1. The Hall–Kier alpha value is -3.18. The van der Waals surface area contributed by atoms with E-state index in [1.807, 2.05) is 13.8 Å². The van der Waals surface area contributed by atoms with Gasteiger partial charge in [0.1, 0.15) is 24.2 Å². The summed E-state index contributed by atoms with van der Waals surface area (Å²) in [6.07, 6.45) is 5.80. The summed E-state index contributed by atoms with van der Waals surface area (Å²) in [5.41, 5.74) is 3.98. The molecule has 1 saturated heterocycles. The summed E-state index contributed by atoms with van der Waals surface area (Å²) in [7, 11) is 0. The molecule has 0 radical (unpaired) electrons. The number of carbonyl (C=O) groups excluding carboxylic acids is 6. The van der Waals surface area contributed by atoms with Crippen LogP contribution in [0.15, 0.2) is 0 Å². The summed E-state index contributed by atoms with van der Waals surface area (Å²) in [6.45, 7) is 9.00. The first-order valence-electron chi connectivity index (χ1n) is 14.3. The van der Waals surface area contributed by atoms with Crippen molar-refractivity contribution in [3.05, 3.63) is 0 Å². The molecule has 5 amide bonds. The minimum atomic E-state index is -1.10. The van der Waals surface area contributed by atoms with Crippen molar-refractivity contribution in [1.82, 2.24) is 20.9 Å². The number of carbonyl (C=O) groups is 6. The number of hydrogen-bond donors (Lipinski definition) is 4. The molecule has 1 aliphatic heterocycles. The van der Waals surface area contributed by atoms with Crippen molar-refractivity contribution < 1.29 is 33.5 Å². The molecule has 0 aromatic heterocycles. The fourth-order valence-corrected chi connectivity index (χ4v) is 5.78. The molecule has 4 atom stereocenters. The Morgan fingerprint density at radius 2 is 1.68 bits per heavy atom. The van der Waals surface area contributed by atoms with Crippen molar-refractivity contribution in [3.8, 4) is 0 Å². The van der Waals surface area contributed by atoms with Gasteiger partial charge in [-0.1, -0.05) is 39.5 Å². The molecule has 224 valence electrons. The van der Waals surface area contributed by atoms with Crippen LogP contribution in [-0.2, 0) is 28.7 Å². The Bertz CT molecular complexity index is 1010. The van der Waals surface area contributed by atoms with Gasteiger partial charge in [-0.2, -0.15) is 0 Å². The predicted molar refractivity (Wildman–Crippen MR) is 145 cm³/mol. The number of ketones is 1. The second kappa shape index (κ2) is 12.6. The van der Waals surface area contributed by atoms with Crippen molar-refractivity contribution in [2.75, 3.05) is 13.1 Å². The summed E-state index contributed by atoms with van der Waals surface area (Å²) in [6, 6.07) is -3.49. The fraction of sp³-hybridized carbons (Fsp3) is 0.786. The average molecular weight is 564 g/mol. The molecule has 2 aliphatic carbocycles. The smallest absolute Gasteiger partial charge is 0.325 e. The largest absolute Gasteiger partial charge is 0.459 e. The lowest BCUT2D eigenvalue weighted by molar-refractivity contribution is -0.153. The molecule has 5 N–H and O–H groups in total. The monoisotopic (exact) mass is 563 g/mol. The van der Waals surface area contributed by atoms with E-state index in [0.717, 1.165) is 25.7 Å². The highest BCUT2D eigenvalue weighted by Crippen LogP contribution is 2.42. The number of nitrogens with one attached hydrogen (secondary N) is 3. The Balaban J connectivity index is 1.74. The highest BCUT2D eigenvalue weighted by atomic mass is 16.6. The molecular formula is C28H45N5O7. The minimum absolute atomic E-state index is 0.00598. The molecule has 12 nitrogen and oxygen atoms in total. The molecule has 3 fully saturated rings. The van der Waals surface area contributed by atoms with Crippen LogP contribution in [0.1, 0.15) is 86.0 Å². The van der Waals surface area contributed by atoms with Crippen molar-refractivity contribution in [2.45, 2.75) is 110 Å². The molecular weight excluding hydrogens is 518 g/mol. The van der Waals surface area contributed by atoms with Gasteiger partial charge >= 0.3 is 12.0 Å². The Morgan fingerprint density at radius 1 is 1.05 bits per heavy atom. The second-order valence-electron chi connectivity index (χ2n) is 13.0. The molecule has 3 rings (SSSR count). The molecule has 0 aromatic carbocycles. The number of ether oxygens (including phenoxy) is 1. The summed E-state index contributed by atoms with van der Waals surface area (Å²) in [5.74, 6) is -3.19. The third-order valence-electron chi connectivity index (χ3n) is 8.02. The van der Waals surface area contributed by atoms with Gasteiger partial charge in [-0.15, -0.1) is 0 Å². The molecule has 1 heterocycles. The van der Waals surface area contributed by atoms with E-state index in [2.05, 4.69) is 16.0 Å². The van der Waals surface area contributed by atoms with E-state index in [4.69, 9.17) is 10.5 Å². The van der Waals surface area contributed by atoms with Gasteiger partial charge in [0, 0.05) is 6.54 Å². The van der Waals surface area contributed by atoms with Gasteiger partial charge in [-0.05, 0) is 63.7 Å². The third-order valence-corrected chi connectivity index (χ3v) is 8.02. The average Bonchev–Trinajstić information content (AvgIpc) is 3.42. The summed E-state index contributed by atoms with van der Waals surface area (Å²) >= 11 is 0. The van der Waals surface area contributed by atoms with E-state index >= 15 is 0 Å². The van der Waals surface area contributed by atoms with E-state index in [1.165, 1.54) is 4.90 Å². The zero-order chi connectivity index (χ0) is 29.8. The van der Waals surface area contributed by atoms with Crippen molar-refractivity contribution in [2.24, 2.45) is 23.0 Å². The first-order valence-corrected chi connectivity index (χ1v) is 14.3. The van der Waals surface area contributed by atoms with Crippen LogP contribution in [0.5, 0.6) is 0 Å². The quantitative estimate of drug-likeness (QED) is 0.215. The maximum absolute atomic E-state index is 14.0. The van der Waals surface area contributed by atoms with Gasteiger partial charge in [-0.3, -0.25) is 24.0 Å². The standard InChI is InChI=1S/C28H45N5O7/c1-16-12-19(24(37)31-18(13-17-8-9-17)21(35)23(29)36)33(15-16)25(38)22(28(5)10-6-7-11-28)32-26(39)30-14-20(34)40-27(2,3)4/h16-19,22H,6-15H2,1-5H3,(H2,29,36)(H,31,37)(H2,30,32,39).